The second-order valence-electron chi connectivity index (χ2n) is 5.00. The molecule has 1 saturated heterocycles. The third-order valence-electron chi connectivity index (χ3n) is 4.08. The first-order valence-electron chi connectivity index (χ1n) is 6.61. The van der Waals surface area contributed by atoms with E-state index in [1.165, 1.54) is 24.1 Å². The van der Waals surface area contributed by atoms with Crippen molar-refractivity contribution in [3.8, 4) is 0 Å². The summed E-state index contributed by atoms with van der Waals surface area (Å²) in [5.74, 6) is 0. The summed E-state index contributed by atoms with van der Waals surface area (Å²) in [5.41, 5.74) is 2.89. The van der Waals surface area contributed by atoms with Crippen LogP contribution in [0.5, 0.6) is 0 Å². The van der Waals surface area contributed by atoms with E-state index in [2.05, 4.69) is 42.0 Å². The number of aryl methyl sites for hydroxylation is 1. The van der Waals surface area contributed by atoms with E-state index >= 15 is 0 Å². The van der Waals surface area contributed by atoms with Gasteiger partial charge in [-0.05, 0) is 31.4 Å². The van der Waals surface area contributed by atoms with Gasteiger partial charge in [0.05, 0.1) is 11.9 Å². The molecule has 0 radical (unpaired) electrons. The number of hydrogen-bond acceptors (Lipinski definition) is 3. The number of nitrogens with one attached hydrogen (secondary N) is 1. The van der Waals surface area contributed by atoms with E-state index in [1.54, 1.807) is 0 Å². The highest BCUT2D eigenvalue weighted by molar-refractivity contribution is 5.51. The summed E-state index contributed by atoms with van der Waals surface area (Å²) < 4.78 is 0. The van der Waals surface area contributed by atoms with Gasteiger partial charge in [0.1, 0.15) is 0 Å². The predicted molar refractivity (Wildman–Crippen MR) is 72.5 cm³/mol. The van der Waals surface area contributed by atoms with Crippen LogP contribution in [0.2, 0.25) is 0 Å². The lowest BCUT2D eigenvalue weighted by atomic mass is 9.90. The molecule has 0 atom stereocenters. The Labute approximate surface area is 104 Å². The van der Waals surface area contributed by atoms with Crippen LogP contribution < -0.4 is 10.2 Å². The molecule has 1 aliphatic heterocycles. The van der Waals surface area contributed by atoms with Gasteiger partial charge in [-0.2, -0.15) is 0 Å². The Kier molecular flexibility index (Phi) is 3.67. The second-order valence-corrected chi connectivity index (χ2v) is 5.00. The summed E-state index contributed by atoms with van der Waals surface area (Å²) in [6.07, 6.45) is 6.23. The Bertz CT molecular complexity index is 371. The Morgan fingerprint density at radius 3 is 2.82 bits per heavy atom. The van der Waals surface area contributed by atoms with Crippen LogP contribution in [0.4, 0.5) is 5.69 Å². The Morgan fingerprint density at radius 1 is 1.41 bits per heavy atom. The fraction of sp³-hybridized carbons (Fsp3) is 0.643. The van der Waals surface area contributed by atoms with Gasteiger partial charge < -0.3 is 10.2 Å². The van der Waals surface area contributed by atoms with E-state index in [1.807, 2.05) is 12.4 Å². The van der Waals surface area contributed by atoms with E-state index in [0.717, 1.165) is 19.6 Å². The highest BCUT2D eigenvalue weighted by Gasteiger charge is 2.32. The van der Waals surface area contributed by atoms with Crippen molar-refractivity contribution in [3.05, 3.63) is 24.0 Å². The summed E-state index contributed by atoms with van der Waals surface area (Å²) >= 11 is 0. The molecule has 94 valence electrons. The standard InChI is InChI=1S/C14H23N3/c1-4-14(5-2)11-17(9-8-16-14)13-10-15-7-6-12(13)3/h6-7,10,16H,4-5,8-9,11H2,1-3H3. The zero-order chi connectivity index (χ0) is 12.3. The number of nitrogens with zero attached hydrogens (tertiary/aromatic N) is 2. The van der Waals surface area contributed by atoms with Gasteiger partial charge in [-0.15, -0.1) is 0 Å². The van der Waals surface area contributed by atoms with Crippen LogP contribution in [0.1, 0.15) is 32.3 Å². The molecule has 1 fully saturated rings. The molecule has 1 aliphatic rings. The first-order valence-corrected chi connectivity index (χ1v) is 6.61. The molecule has 1 aromatic rings. The minimum Gasteiger partial charge on any atom is -0.367 e. The van der Waals surface area contributed by atoms with Crippen molar-refractivity contribution in [2.24, 2.45) is 0 Å². The van der Waals surface area contributed by atoms with Crippen molar-refractivity contribution in [2.45, 2.75) is 39.2 Å². The van der Waals surface area contributed by atoms with Crippen LogP contribution in [-0.2, 0) is 0 Å². The predicted octanol–water partition coefficient (Wildman–Crippen LogP) is 2.36. The van der Waals surface area contributed by atoms with E-state index in [4.69, 9.17) is 0 Å². The van der Waals surface area contributed by atoms with E-state index < -0.39 is 0 Å². The normalized spacial score (nSPS) is 19.4. The van der Waals surface area contributed by atoms with Crippen molar-refractivity contribution < 1.29 is 0 Å². The fourth-order valence-corrected chi connectivity index (χ4v) is 2.67. The maximum absolute atomic E-state index is 4.26. The molecule has 0 saturated carbocycles. The number of aromatic nitrogens is 1. The number of piperazine rings is 1. The second kappa shape index (κ2) is 5.05. The minimum atomic E-state index is 0.278. The molecular formula is C14H23N3. The molecule has 0 aromatic carbocycles. The maximum Gasteiger partial charge on any atom is 0.0583 e. The van der Waals surface area contributed by atoms with Crippen molar-refractivity contribution in [2.75, 3.05) is 24.5 Å². The molecular weight excluding hydrogens is 210 g/mol. The average Bonchev–Trinajstić information content (AvgIpc) is 2.39. The van der Waals surface area contributed by atoms with Crippen LogP contribution in [0.25, 0.3) is 0 Å². The van der Waals surface area contributed by atoms with Gasteiger partial charge in [-0.3, -0.25) is 4.98 Å². The molecule has 0 amide bonds. The molecule has 1 N–H and O–H groups in total. The van der Waals surface area contributed by atoms with Crippen LogP contribution >= 0.6 is 0 Å². The van der Waals surface area contributed by atoms with Gasteiger partial charge in [0.25, 0.3) is 0 Å². The van der Waals surface area contributed by atoms with Gasteiger partial charge in [-0.1, -0.05) is 13.8 Å². The molecule has 0 aliphatic carbocycles. The largest absolute Gasteiger partial charge is 0.367 e. The van der Waals surface area contributed by atoms with Crippen LogP contribution in [-0.4, -0.2) is 30.2 Å². The molecule has 3 heteroatoms. The number of pyridine rings is 1. The van der Waals surface area contributed by atoms with Crippen molar-refractivity contribution in [1.82, 2.24) is 10.3 Å². The fourth-order valence-electron chi connectivity index (χ4n) is 2.67. The number of hydrogen-bond donors (Lipinski definition) is 1. The summed E-state index contributed by atoms with van der Waals surface area (Å²) in [7, 11) is 0. The minimum absolute atomic E-state index is 0.278. The highest BCUT2D eigenvalue weighted by atomic mass is 15.2. The summed E-state index contributed by atoms with van der Waals surface area (Å²) in [6, 6.07) is 2.09. The van der Waals surface area contributed by atoms with Gasteiger partial charge in [0, 0.05) is 31.4 Å². The van der Waals surface area contributed by atoms with Crippen LogP contribution in [0.3, 0.4) is 0 Å². The van der Waals surface area contributed by atoms with Crippen LogP contribution in [0.15, 0.2) is 18.5 Å². The van der Waals surface area contributed by atoms with Crippen LogP contribution in [0, 0.1) is 6.92 Å². The van der Waals surface area contributed by atoms with Gasteiger partial charge in [0.2, 0.25) is 0 Å². The summed E-state index contributed by atoms with van der Waals surface area (Å²) in [5, 5.41) is 3.69. The van der Waals surface area contributed by atoms with E-state index in [-0.39, 0.29) is 5.54 Å². The first kappa shape index (κ1) is 12.4. The lowest BCUT2D eigenvalue weighted by molar-refractivity contribution is 0.277. The highest BCUT2D eigenvalue weighted by Crippen LogP contribution is 2.26. The van der Waals surface area contributed by atoms with E-state index in [0.29, 0.717) is 0 Å². The van der Waals surface area contributed by atoms with Crippen molar-refractivity contribution in [1.29, 1.82) is 0 Å². The lowest BCUT2D eigenvalue weighted by Gasteiger charge is -2.44. The zero-order valence-corrected chi connectivity index (χ0v) is 11.2. The third-order valence-corrected chi connectivity index (χ3v) is 4.08. The number of anilines is 1. The maximum atomic E-state index is 4.26. The lowest BCUT2D eigenvalue weighted by Crippen LogP contribution is -2.60. The quantitative estimate of drug-likeness (QED) is 0.868. The van der Waals surface area contributed by atoms with Gasteiger partial charge in [0.15, 0.2) is 0 Å². The summed E-state index contributed by atoms with van der Waals surface area (Å²) in [4.78, 5) is 6.74. The number of rotatable bonds is 3. The topological polar surface area (TPSA) is 28.2 Å². The monoisotopic (exact) mass is 233 g/mol. The molecule has 0 unspecified atom stereocenters. The van der Waals surface area contributed by atoms with E-state index in [9.17, 15) is 0 Å². The molecule has 0 spiro atoms. The van der Waals surface area contributed by atoms with Crippen molar-refractivity contribution in [3.63, 3.8) is 0 Å². The van der Waals surface area contributed by atoms with Gasteiger partial charge in [-0.25, -0.2) is 0 Å². The molecule has 2 rings (SSSR count). The molecule has 0 bridgehead atoms. The third kappa shape index (κ3) is 2.44. The van der Waals surface area contributed by atoms with Crippen molar-refractivity contribution >= 4 is 5.69 Å². The average molecular weight is 233 g/mol. The smallest absolute Gasteiger partial charge is 0.0583 e. The molecule has 3 nitrogen and oxygen atoms in total. The summed E-state index contributed by atoms with van der Waals surface area (Å²) in [6.45, 7) is 9.95. The Balaban J connectivity index is 2.20. The SMILES string of the molecule is CCC1(CC)CN(c2cnccc2C)CCN1. The Morgan fingerprint density at radius 2 is 2.18 bits per heavy atom. The van der Waals surface area contributed by atoms with Gasteiger partial charge >= 0.3 is 0 Å². The zero-order valence-electron chi connectivity index (χ0n) is 11.2. The Hall–Kier alpha value is -1.09. The molecule has 1 aromatic heterocycles. The molecule has 2 heterocycles. The first-order chi connectivity index (χ1) is 8.21. The molecule has 17 heavy (non-hydrogen) atoms.